The number of nitrogens with zero attached hydrogens (tertiary/aromatic N) is 3. The molecule has 0 spiro atoms. The molecule has 1 aromatic heterocycles. The second-order valence-corrected chi connectivity index (χ2v) is 4.95. The van der Waals surface area contributed by atoms with Gasteiger partial charge in [0, 0.05) is 18.1 Å². The molecule has 4 nitrogen and oxygen atoms in total. The van der Waals surface area contributed by atoms with E-state index in [4.69, 9.17) is 21.6 Å². The highest BCUT2D eigenvalue weighted by atomic mass is 35.5. The van der Waals surface area contributed by atoms with Gasteiger partial charge in [-0.15, -0.1) is 0 Å². The lowest BCUT2D eigenvalue weighted by atomic mass is 10.2. The molecular formula is C13H10ClN3OS. The zero-order valence-electron chi connectivity index (χ0n) is 10.1. The molecule has 1 aromatic carbocycles. The molecule has 0 unspecified atom stereocenters. The van der Waals surface area contributed by atoms with Crippen molar-refractivity contribution in [2.75, 3.05) is 7.11 Å². The quantitative estimate of drug-likeness (QED) is 0.809. The molecule has 0 saturated carbocycles. The molecule has 0 atom stereocenters. The zero-order valence-corrected chi connectivity index (χ0v) is 11.7. The molecule has 2 rings (SSSR count). The van der Waals surface area contributed by atoms with Crippen LogP contribution in [0.2, 0.25) is 5.02 Å². The van der Waals surface area contributed by atoms with E-state index in [2.05, 4.69) is 9.97 Å². The van der Waals surface area contributed by atoms with E-state index in [0.717, 1.165) is 5.56 Å². The summed E-state index contributed by atoms with van der Waals surface area (Å²) < 4.78 is 5.10. The van der Waals surface area contributed by atoms with E-state index in [-0.39, 0.29) is 0 Å². The largest absolute Gasteiger partial charge is 0.495 e. The molecule has 0 fully saturated rings. The standard InChI is InChI=1S/C13H10ClN3OS/c1-18-12-3-2-9(6-10(12)14)8-19-13-11(7-15)16-4-5-17-13/h2-6H,8H2,1H3. The van der Waals surface area contributed by atoms with Crippen molar-refractivity contribution in [3.8, 4) is 11.8 Å². The maximum Gasteiger partial charge on any atom is 0.172 e. The van der Waals surface area contributed by atoms with Gasteiger partial charge in [-0.05, 0) is 17.7 Å². The highest BCUT2D eigenvalue weighted by Gasteiger charge is 2.07. The fourth-order valence-corrected chi connectivity index (χ4v) is 2.59. The van der Waals surface area contributed by atoms with Gasteiger partial charge in [0.1, 0.15) is 16.8 Å². The summed E-state index contributed by atoms with van der Waals surface area (Å²) in [6.07, 6.45) is 3.08. The monoisotopic (exact) mass is 291 g/mol. The van der Waals surface area contributed by atoms with Gasteiger partial charge in [0.15, 0.2) is 5.69 Å². The Morgan fingerprint density at radius 3 is 2.84 bits per heavy atom. The maximum absolute atomic E-state index is 8.92. The molecule has 0 bridgehead atoms. The fourth-order valence-electron chi connectivity index (χ4n) is 1.46. The predicted molar refractivity (Wildman–Crippen MR) is 74.3 cm³/mol. The predicted octanol–water partition coefficient (Wildman–Crippen LogP) is 3.30. The smallest absolute Gasteiger partial charge is 0.172 e. The van der Waals surface area contributed by atoms with Gasteiger partial charge in [-0.2, -0.15) is 5.26 Å². The molecule has 1 heterocycles. The summed E-state index contributed by atoms with van der Waals surface area (Å²) in [7, 11) is 1.58. The van der Waals surface area contributed by atoms with Crippen molar-refractivity contribution in [1.82, 2.24) is 9.97 Å². The highest BCUT2D eigenvalue weighted by molar-refractivity contribution is 7.98. The first-order valence-corrected chi connectivity index (χ1v) is 6.77. The summed E-state index contributed by atoms with van der Waals surface area (Å²) in [5, 5.41) is 10.1. The van der Waals surface area contributed by atoms with Crippen LogP contribution < -0.4 is 4.74 Å². The van der Waals surface area contributed by atoms with Crippen molar-refractivity contribution in [2.24, 2.45) is 0 Å². The normalized spacial score (nSPS) is 9.95. The van der Waals surface area contributed by atoms with E-state index in [1.807, 2.05) is 24.3 Å². The summed E-state index contributed by atoms with van der Waals surface area (Å²) in [6.45, 7) is 0. The van der Waals surface area contributed by atoms with Gasteiger partial charge in [0.2, 0.25) is 0 Å². The molecule has 2 aromatic rings. The van der Waals surface area contributed by atoms with Gasteiger partial charge in [0.25, 0.3) is 0 Å². The van der Waals surface area contributed by atoms with Crippen LogP contribution >= 0.6 is 23.4 Å². The number of aromatic nitrogens is 2. The molecule has 0 aliphatic heterocycles. The van der Waals surface area contributed by atoms with Crippen molar-refractivity contribution in [3.05, 3.63) is 46.9 Å². The summed E-state index contributed by atoms with van der Waals surface area (Å²) in [6, 6.07) is 7.61. The fraction of sp³-hybridized carbons (Fsp3) is 0.154. The van der Waals surface area contributed by atoms with Crippen molar-refractivity contribution < 1.29 is 4.74 Å². The van der Waals surface area contributed by atoms with Crippen LogP contribution in [-0.4, -0.2) is 17.1 Å². The Labute approximate surface area is 120 Å². The van der Waals surface area contributed by atoms with Crippen LogP contribution in [0.1, 0.15) is 11.3 Å². The van der Waals surface area contributed by atoms with Crippen molar-refractivity contribution in [1.29, 1.82) is 5.26 Å². The highest BCUT2D eigenvalue weighted by Crippen LogP contribution is 2.28. The molecule has 0 radical (unpaired) electrons. The molecule has 6 heteroatoms. The summed E-state index contributed by atoms with van der Waals surface area (Å²) >= 11 is 7.51. The number of ether oxygens (including phenoxy) is 1. The van der Waals surface area contributed by atoms with Crippen LogP contribution in [0.25, 0.3) is 0 Å². The first kappa shape index (κ1) is 13.7. The molecule has 0 amide bonds. The molecular weight excluding hydrogens is 282 g/mol. The van der Waals surface area contributed by atoms with Crippen LogP contribution in [0.3, 0.4) is 0 Å². The molecule has 0 aliphatic carbocycles. The minimum atomic E-state index is 0.340. The van der Waals surface area contributed by atoms with Gasteiger partial charge < -0.3 is 4.74 Å². The molecule has 0 N–H and O–H groups in total. The van der Waals surface area contributed by atoms with E-state index in [9.17, 15) is 0 Å². The van der Waals surface area contributed by atoms with E-state index in [1.54, 1.807) is 13.3 Å². The van der Waals surface area contributed by atoms with E-state index in [0.29, 0.717) is 27.2 Å². The zero-order chi connectivity index (χ0) is 13.7. The van der Waals surface area contributed by atoms with Crippen LogP contribution in [0, 0.1) is 11.3 Å². The maximum atomic E-state index is 8.92. The summed E-state index contributed by atoms with van der Waals surface area (Å²) in [4.78, 5) is 8.10. The SMILES string of the molecule is COc1ccc(CSc2nccnc2C#N)cc1Cl. The summed E-state index contributed by atoms with van der Waals surface area (Å²) in [5.74, 6) is 1.31. The minimum absolute atomic E-state index is 0.340. The number of hydrogen-bond acceptors (Lipinski definition) is 5. The van der Waals surface area contributed by atoms with Gasteiger partial charge in [-0.1, -0.05) is 29.4 Å². The first-order chi connectivity index (χ1) is 9.24. The Balaban J connectivity index is 2.11. The third-order valence-electron chi connectivity index (χ3n) is 2.36. The Hall–Kier alpha value is -1.77. The Kier molecular flexibility index (Phi) is 4.61. The van der Waals surface area contributed by atoms with Gasteiger partial charge in [-0.3, -0.25) is 0 Å². The molecule has 96 valence electrons. The molecule has 0 aliphatic rings. The Morgan fingerprint density at radius 2 is 2.16 bits per heavy atom. The Morgan fingerprint density at radius 1 is 1.37 bits per heavy atom. The van der Waals surface area contributed by atoms with Crippen molar-refractivity contribution in [3.63, 3.8) is 0 Å². The number of nitriles is 1. The number of halogens is 1. The van der Waals surface area contributed by atoms with E-state index < -0.39 is 0 Å². The second-order valence-electron chi connectivity index (χ2n) is 3.58. The lowest BCUT2D eigenvalue weighted by Crippen LogP contribution is -1.91. The number of rotatable bonds is 4. The minimum Gasteiger partial charge on any atom is -0.495 e. The lowest BCUT2D eigenvalue weighted by molar-refractivity contribution is 0.415. The van der Waals surface area contributed by atoms with Crippen LogP contribution in [0.5, 0.6) is 5.75 Å². The first-order valence-electron chi connectivity index (χ1n) is 5.41. The number of hydrogen-bond donors (Lipinski definition) is 0. The third-order valence-corrected chi connectivity index (χ3v) is 3.71. The average molecular weight is 292 g/mol. The van der Waals surface area contributed by atoms with Gasteiger partial charge in [0.05, 0.1) is 12.1 Å². The number of methoxy groups -OCH3 is 1. The summed E-state index contributed by atoms with van der Waals surface area (Å²) in [5.41, 5.74) is 1.37. The van der Waals surface area contributed by atoms with Gasteiger partial charge in [-0.25, -0.2) is 9.97 Å². The van der Waals surface area contributed by atoms with E-state index >= 15 is 0 Å². The molecule has 19 heavy (non-hydrogen) atoms. The van der Waals surface area contributed by atoms with Gasteiger partial charge >= 0.3 is 0 Å². The molecule has 0 saturated heterocycles. The Bertz CT molecular complexity index is 628. The second kappa shape index (κ2) is 6.41. The van der Waals surface area contributed by atoms with Crippen molar-refractivity contribution >= 4 is 23.4 Å². The van der Waals surface area contributed by atoms with Crippen molar-refractivity contribution in [2.45, 2.75) is 10.8 Å². The number of thioether (sulfide) groups is 1. The number of benzene rings is 1. The third kappa shape index (κ3) is 3.37. The van der Waals surface area contributed by atoms with E-state index in [1.165, 1.54) is 18.0 Å². The topological polar surface area (TPSA) is 58.8 Å². The van der Waals surface area contributed by atoms with Crippen LogP contribution in [0.4, 0.5) is 0 Å². The van der Waals surface area contributed by atoms with Crippen LogP contribution in [0.15, 0.2) is 35.6 Å². The lowest BCUT2D eigenvalue weighted by Gasteiger charge is -2.06. The van der Waals surface area contributed by atoms with Crippen LogP contribution in [-0.2, 0) is 5.75 Å². The average Bonchev–Trinajstić information content (AvgIpc) is 2.45.